The Labute approximate surface area is 139 Å². The zero-order chi connectivity index (χ0) is 16.2. The van der Waals surface area contributed by atoms with Gasteiger partial charge in [-0.1, -0.05) is 0 Å². The van der Waals surface area contributed by atoms with Gasteiger partial charge in [0.15, 0.2) is 0 Å². The number of ether oxygens (including phenoxy) is 1. The van der Waals surface area contributed by atoms with Crippen LogP contribution in [0.5, 0.6) is 0 Å². The van der Waals surface area contributed by atoms with E-state index in [1.165, 1.54) is 18.5 Å². The Balaban J connectivity index is 1.51. The molecule has 0 radical (unpaired) electrons. The average molecular weight is 322 g/mol. The first kappa shape index (κ1) is 16.9. The summed E-state index contributed by atoms with van der Waals surface area (Å²) in [4.78, 5) is 4.75. The maximum absolute atomic E-state index is 10.5. The number of aryl methyl sites for hydroxylation is 2. The van der Waals surface area contributed by atoms with Gasteiger partial charge in [-0.3, -0.25) is 14.5 Å². The first-order chi connectivity index (χ1) is 11.1. The lowest BCUT2D eigenvalue weighted by atomic mass is 10.2. The van der Waals surface area contributed by atoms with Crippen LogP contribution in [0.25, 0.3) is 0 Å². The molecule has 0 unspecified atom stereocenters. The van der Waals surface area contributed by atoms with Gasteiger partial charge in [0.2, 0.25) is 0 Å². The number of hydrogen-bond acceptors (Lipinski definition) is 5. The highest BCUT2D eigenvalue weighted by molar-refractivity contribution is 5.07. The normalized spacial score (nSPS) is 25.1. The Morgan fingerprint density at radius 1 is 1.26 bits per heavy atom. The SMILES string of the molecule is Cc1cc(C)n(C[C@H]2CCCN2C[C@H](O)CN2CCOCC2)n1. The molecule has 1 N–H and O–H groups in total. The predicted molar refractivity (Wildman–Crippen MR) is 89.6 cm³/mol. The van der Waals surface area contributed by atoms with Gasteiger partial charge in [-0.2, -0.15) is 5.10 Å². The molecule has 2 atom stereocenters. The van der Waals surface area contributed by atoms with Crippen LogP contribution in [0.4, 0.5) is 0 Å². The molecule has 0 aromatic carbocycles. The molecular formula is C17H30N4O2. The lowest BCUT2D eigenvalue weighted by Gasteiger charge is -2.32. The first-order valence-corrected chi connectivity index (χ1v) is 8.85. The summed E-state index contributed by atoms with van der Waals surface area (Å²) in [5, 5.41) is 15.0. The number of rotatable bonds is 6. The van der Waals surface area contributed by atoms with E-state index in [0.29, 0.717) is 6.04 Å². The molecule has 1 aromatic heterocycles. The van der Waals surface area contributed by atoms with Crippen molar-refractivity contribution in [3.8, 4) is 0 Å². The maximum atomic E-state index is 10.5. The Hall–Kier alpha value is -0.950. The van der Waals surface area contributed by atoms with E-state index in [2.05, 4.69) is 32.6 Å². The predicted octanol–water partition coefficient (Wildman–Crippen LogP) is 0.657. The molecule has 2 fully saturated rings. The second-order valence-corrected chi connectivity index (χ2v) is 6.97. The third-order valence-electron chi connectivity index (χ3n) is 5.00. The third kappa shape index (κ3) is 4.53. The van der Waals surface area contributed by atoms with Gasteiger partial charge in [0, 0.05) is 37.9 Å². The lowest BCUT2D eigenvalue weighted by molar-refractivity contribution is 0.00529. The first-order valence-electron chi connectivity index (χ1n) is 8.85. The standard InChI is InChI=1S/C17H30N4O2/c1-14-10-15(2)21(18-14)11-16-4-3-5-20(16)13-17(22)12-19-6-8-23-9-7-19/h10,16-17,22H,3-9,11-13H2,1-2H3/t16-,17-/m1/s1. The molecule has 23 heavy (non-hydrogen) atoms. The minimum absolute atomic E-state index is 0.283. The second kappa shape index (κ2) is 7.75. The fourth-order valence-electron chi connectivity index (χ4n) is 3.81. The summed E-state index contributed by atoms with van der Waals surface area (Å²) in [6.45, 7) is 11.2. The van der Waals surface area contributed by atoms with Gasteiger partial charge in [-0.15, -0.1) is 0 Å². The molecule has 0 bridgehead atoms. The lowest BCUT2D eigenvalue weighted by Crippen LogP contribution is -2.46. The van der Waals surface area contributed by atoms with Gasteiger partial charge in [-0.25, -0.2) is 0 Å². The van der Waals surface area contributed by atoms with Crippen molar-refractivity contribution in [3.05, 3.63) is 17.5 Å². The number of aliphatic hydroxyl groups excluding tert-OH is 1. The summed E-state index contributed by atoms with van der Waals surface area (Å²) in [5.74, 6) is 0. The minimum atomic E-state index is -0.283. The molecule has 0 spiro atoms. The number of aliphatic hydroxyl groups is 1. The molecule has 6 nitrogen and oxygen atoms in total. The van der Waals surface area contributed by atoms with E-state index in [9.17, 15) is 5.11 Å². The Kier molecular flexibility index (Phi) is 5.69. The van der Waals surface area contributed by atoms with Gasteiger partial charge < -0.3 is 9.84 Å². The van der Waals surface area contributed by atoms with Crippen LogP contribution in [-0.4, -0.2) is 82.8 Å². The minimum Gasteiger partial charge on any atom is -0.390 e. The molecule has 3 heterocycles. The molecule has 0 aliphatic carbocycles. The van der Waals surface area contributed by atoms with Crippen LogP contribution >= 0.6 is 0 Å². The van der Waals surface area contributed by atoms with Crippen molar-refractivity contribution >= 4 is 0 Å². The van der Waals surface area contributed by atoms with Crippen LogP contribution in [-0.2, 0) is 11.3 Å². The molecule has 1 aromatic rings. The molecule has 130 valence electrons. The number of morpholine rings is 1. The van der Waals surface area contributed by atoms with Crippen LogP contribution in [0.15, 0.2) is 6.07 Å². The van der Waals surface area contributed by atoms with E-state index in [-0.39, 0.29) is 6.10 Å². The Bertz CT molecular complexity index is 499. The smallest absolute Gasteiger partial charge is 0.0793 e. The highest BCUT2D eigenvalue weighted by Gasteiger charge is 2.28. The van der Waals surface area contributed by atoms with Crippen molar-refractivity contribution in [2.45, 2.75) is 45.4 Å². The Morgan fingerprint density at radius 2 is 2.04 bits per heavy atom. The summed E-state index contributed by atoms with van der Waals surface area (Å²) in [7, 11) is 0. The fraction of sp³-hybridized carbons (Fsp3) is 0.824. The molecular weight excluding hydrogens is 292 g/mol. The number of hydrogen-bond donors (Lipinski definition) is 1. The maximum Gasteiger partial charge on any atom is 0.0793 e. The fourth-order valence-corrected chi connectivity index (χ4v) is 3.81. The van der Waals surface area contributed by atoms with Crippen LogP contribution in [0.3, 0.4) is 0 Å². The zero-order valence-corrected chi connectivity index (χ0v) is 14.4. The van der Waals surface area contributed by atoms with Gasteiger partial charge in [-0.05, 0) is 39.3 Å². The van der Waals surface area contributed by atoms with Crippen molar-refractivity contribution in [1.29, 1.82) is 0 Å². The number of β-amino-alcohol motifs (C(OH)–C–C–N with tert-alkyl or cyclic N) is 1. The monoisotopic (exact) mass is 322 g/mol. The molecule has 0 amide bonds. The van der Waals surface area contributed by atoms with E-state index in [0.717, 1.165) is 58.2 Å². The molecule has 2 aliphatic heterocycles. The van der Waals surface area contributed by atoms with Crippen molar-refractivity contribution in [2.24, 2.45) is 0 Å². The van der Waals surface area contributed by atoms with E-state index >= 15 is 0 Å². The van der Waals surface area contributed by atoms with Crippen molar-refractivity contribution in [2.75, 3.05) is 45.9 Å². The van der Waals surface area contributed by atoms with Gasteiger partial charge in [0.25, 0.3) is 0 Å². The van der Waals surface area contributed by atoms with Crippen LogP contribution in [0, 0.1) is 13.8 Å². The number of likely N-dealkylation sites (tertiary alicyclic amines) is 1. The largest absolute Gasteiger partial charge is 0.390 e. The summed E-state index contributed by atoms with van der Waals surface area (Å²) >= 11 is 0. The molecule has 3 rings (SSSR count). The summed E-state index contributed by atoms with van der Waals surface area (Å²) in [6, 6.07) is 2.62. The van der Waals surface area contributed by atoms with Gasteiger partial charge in [0.05, 0.1) is 31.6 Å². The summed E-state index contributed by atoms with van der Waals surface area (Å²) in [5.41, 5.74) is 2.31. The summed E-state index contributed by atoms with van der Waals surface area (Å²) in [6.07, 6.45) is 2.13. The van der Waals surface area contributed by atoms with Crippen molar-refractivity contribution in [1.82, 2.24) is 19.6 Å². The highest BCUT2D eigenvalue weighted by atomic mass is 16.5. The molecule has 6 heteroatoms. The molecule has 2 aliphatic rings. The van der Waals surface area contributed by atoms with Crippen LogP contribution < -0.4 is 0 Å². The van der Waals surface area contributed by atoms with E-state index < -0.39 is 0 Å². The zero-order valence-electron chi connectivity index (χ0n) is 14.4. The van der Waals surface area contributed by atoms with E-state index in [4.69, 9.17) is 4.74 Å². The van der Waals surface area contributed by atoms with Crippen molar-refractivity contribution in [3.63, 3.8) is 0 Å². The third-order valence-corrected chi connectivity index (χ3v) is 5.00. The van der Waals surface area contributed by atoms with Gasteiger partial charge >= 0.3 is 0 Å². The van der Waals surface area contributed by atoms with E-state index in [1.54, 1.807) is 0 Å². The quantitative estimate of drug-likeness (QED) is 0.834. The number of aromatic nitrogens is 2. The Morgan fingerprint density at radius 3 is 2.74 bits per heavy atom. The summed E-state index contributed by atoms with van der Waals surface area (Å²) < 4.78 is 7.49. The van der Waals surface area contributed by atoms with E-state index in [1.807, 2.05) is 6.92 Å². The van der Waals surface area contributed by atoms with Crippen molar-refractivity contribution < 1.29 is 9.84 Å². The van der Waals surface area contributed by atoms with Crippen LogP contribution in [0.1, 0.15) is 24.2 Å². The number of nitrogens with zero attached hydrogens (tertiary/aromatic N) is 4. The topological polar surface area (TPSA) is 53.8 Å². The highest BCUT2D eigenvalue weighted by Crippen LogP contribution is 2.20. The second-order valence-electron chi connectivity index (χ2n) is 6.97. The molecule has 2 saturated heterocycles. The molecule has 0 saturated carbocycles. The van der Waals surface area contributed by atoms with Crippen LogP contribution in [0.2, 0.25) is 0 Å². The van der Waals surface area contributed by atoms with Gasteiger partial charge in [0.1, 0.15) is 0 Å². The average Bonchev–Trinajstić information content (AvgIpc) is 3.07.